The van der Waals surface area contributed by atoms with E-state index < -0.39 is 0 Å². The number of benzene rings is 1. The van der Waals surface area contributed by atoms with E-state index >= 15 is 0 Å². The molecular weight excluding hydrogens is 228 g/mol. The highest BCUT2D eigenvalue weighted by Gasteiger charge is 2.01. The lowest BCUT2D eigenvalue weighted by molar-refractivity contribution is 0.667. The number of nitrogens with two attached hydrogens (primary N) is 2. The van der Waals surface area contributed by atoms with E-state index in [1.165, 1.54) is 5.56 Å². The Hall–Kier alpha value is -0.540. The fourth-order valence-corrected chi connectivity index (χ4v) is 1.58. The molecule has 0 bridgehead atoms. The molecule has 4 N–H and O–H groups in total. The average molecular weight is 243 g/mol. The van der Waals surface area contributed by atoms with Gasteiger partial charge in [0.25, 0.3) is 0 Å². The summed E-state index contributed by atoms with van der Waals surface area (Å²) < 4.78 is 1.07. The number of nitrogen functional groups attached to an aromatic ring is 1. The smallest absolute Gasteiger partial charge is 0.0347 e. The van der Waals surface area contributed by atoms with Crippen LogP contribution in [0, 0.1) is 0 Å². The molecule has 0 amide bonds. The van der Waals surface area contributed by atoms with Crippen molar-refractivity contribution < 1.29 is 0 Å². The van der Waals surface area contributed by atoms with Gasteiger partial charge in [-0.1, -0.05) is 15.9 Å². The lowest BCUT2D eigenvalue weighted by atomic mass is 10.1. The molecule has 2 nitrogen and oxygen atoms in total. The summed E-state index contributed by atoms with van der Waals surface area (Å²) in [6.45, 7) is 2.01. The van der Waals surface area contributed by atoms with Gasteiger partial charge in [0, 0.05) is 16.2 Å². The molecule has 0 aliphatic rings. The Kier molecular flexibility index (Phi) is 3.75. The number of anilines is 1. The molecule has 0 aromatic heterocycles. The summed E-state index contributed by atoms with van der Waals surface area (Å²) in [7, 11) is 0. The number of hydrogen-bond acceptors (Lipinski definition) is 2. The molecule has 0 saturated heterocycles. The summed E-state index contributed by atoms with van der Waals surface area (Å²) >= 11 is 3.42. The zero-order chi connectivity index (χ0) is 9.84. The van der Waals surface area contributed by atoms with Crippen LogP contribution >= 0.6 is 15.9 Å². The number of rotatable bonds is 3. The second-order valence-electron chi connectivity index (χ2n) is 3.36. The van der Waals surface area contributed by atoms with Crippen molar-refractivity contribution in [3.8, 4) is 0 Å². The van der Waals surface area contributed by atoms with Crippen LogP contribution in [-0.4, -0.2) is 6.04 Å². The van der Waals surface area contributed by atoms with Crippen LogP contribution in [0.25, 0.3) is 0 Å². The van der Waals surface area contributed by atoms with Gasteiger partial charge in [0.15, 0.2) is 0 Å². The van der Waals surface area contributed by atoms with E-state index in [1.54, 1.807) is 0 Å². The van der Waals surface area contributed by atoms with Gasteiger partial charge >= 0.3 is 0 Å². The monoisotopic (exact) mass is 242 g/mol. The van der Waals surface area contributed by atoms with E-state index in [4.69, 9.17) is 11.5 Å². The van der Waals surface area contributed by atoms with Crippen molar-refractivity contribution in [3.05, 3.63) is 28.2 Å². The maximum absolute atomic E-state index is 5.81. The van der Waals surface area contributed by atoms with Gasteiger partial charge in [-0.05, 0) is 43.5 Å². The van der Waals surface area contributed by atoms with E-state index in [9.17, 15) is 0 Å². The molecular formula is C10H15BrN2. The summed E-state index contributed by atoms with van der Waals surface area (Å²) in [6, 6.07) is 6.15. The summed E-state index contributed by atoms with van der Waals surface area (Å²) in [5.74, 6) is 0. The quantitative estimate of drug-likeness (QED) is 0.800. The first-order valence-corrected chi connectivity index (χ1v) is 5.18. The second kappa shape index (κ2) is 4.63. The SMILES string of the molecule is CC(N)CCc1cc(Br)ccc1N. The van der Waals surface area contributed by atoms with Crippen molar-refractivity contribution in [1.29, 1.82) is 0 Å². The van der Waals surface area contributed by atoms with Crippen molar-refractivity contribution in [2.24, 2.45) is 5.73 Å². The number of aryl methyl sites for hydroxylation is 1. The molecule has 0 fully saturated rings. The van der Waals surface area contributed by atoms with Crippen molar-refractivity contribution in [1.82, 2.24) is 0 Å². The van der Waals surface area contributed by atoms with Gasteiger partial charge in [-0.2, -0.15) is 0 Å². The number of hydrogen-bond donors (Lipinski definition) is 2. The maximum atomic E-state index is 5.81. The van der Waals surface area contributed by atoms with Crippen LogP contribution in [-0.2, 0) is 6.42 Å². The van der Waals surface area contributed by atoms with Gasteiger partial charge in [-0.15, -0.1) is 0 Å². The lowest BCUT2D eigenvalue weighted by Crippen LogP contribution is -2.15. The van der Waals surface area contributed by atoms with Crippen molar-refractivity contribution in [3.63, 3.8) is 0 Å². The van der Waals surface area contributed by atoms with Crippen molar-refractivity contribution in [2.45, 2.75) is 25.8 Å². The molecule has 1 aromatic rings. The Labute approximate surface area is 87.4 Å². The first-order valence-electron chi connectivity index (χ1n) is 4.39. The standard InChI is InChI=1S/C10H15BrN2/c1-7(12)2-3-8-6-9(11)4-5-10(8)13/h4-7H,2-3,12-13H2,1H3. The van der Waals surface area contributed by atoms with E-state index in [0.717, 1.165) is 23.0 Å². The lowest BCUT2D eigenvalue weighted by Gasteiger charge is -2.08. The van der Waals surface area contributed by atoms with Gasteiger partial charge < -0.3 is 11.5 Å². The Balaban J connectivity index is 2.70. The molecule has 1 unspecified atom stereocenters. The van der Waals surface area contributed by atoms with Gasteiger partial charge in [-0.3, -0.25) is 0 Å². The Morgan fingerprint density at radius 3 is 2.77 bits per heavy atom. The molecule has 0 saturated carbocycles. The molecule has 0 spiro atoms. The first kappa shape index (κ1) is 10.5. The van der Waals surface area contributed by atoms with E-state index in [1.807, 2.05) is 19.1 Å². The average Bonchev–Trinajstić information content (AvgIpc) is 2.06. The zero-order valence-electron chi connectivity index (χ0n) is 7.76. The third kappa shape index (κ3) is 3.36. The molecule has 0 aliphatic heterocycles. The highest BCUT2D eigenvalue weighted by molar-refractivity contribution is 9.10. The predicted molar refractivity (Wildman–Crippen MR) is 60.5 cm³/mol. The normalized spacial score (nSPS) is 12.8. The molecule has 1 aromatic carbocycles. The molecule has 1 rings (SSSR count). The fourth-order valence-electron chi connectivity index (χ4n) is 1.17. The molecule has 1 atom stereocenters. The van der Waals surface area contributed by atoms with Crippen molar-refractivity contribution in [2.75, 3.05) is 5.73 Å². The van der Waals surface area contributed by atoms with Gasteiger partial charge in [0.05, 0.1) is 0 Å². The Morgan fingerprint density at radius 2 is 2.15 bits per heavy atom. The molecule has 0 heterocycles. The van der Waals surface area contributed by atoms with Crippen LogP contribution < -0.4 is 11.5 Å². The minimum absolute atomic E-state index is 0.235. The number of halogens is 1. The third-order valence-corrected chi connectivity index (χ3v) is 2.47. The van der Waals surface area contributed by atoms with Crippen molar-refractivity contribution >= 4 is 21.6 Å². The molecule has 13 heavy (non-hydrogen) atoms. The Bertz CT molecular complexity index is 284. The summed E-state index contributed by atoms with van der Waals surface area (Å²) in [6.07, 6.45) is 1.92. The largest absolute Gasteiger partial charge is 0.399 e. The van der Waals surface area contributed by atoms with E-state index in [0.29, 0.717) is 0 Å². The first-order chi connectivity index (χ1) is 6.09. The molecule has 3 heteroatoms. The summed E-state index contributed by atoms with van der Waals surface area (Å²) in [5.41, 5.74) is 13.5. The zero-order valence-corrected chi connectivity index (χ0v) is 9.34. The minimum Gasteiger partial charge on any atom is -0.399 e. The molecule has 0 aliphatic carbocycles. The van der Waals surface area contributed by atoms with Crippen LogP contribution in [0.5, 0.6) is 0 Å². The fraction of sp³-hybridized carbons (Fsp3) is 0.400. The minimum atomic E-state index is 0.235. The topological polar surface area (TPSA) is 52.0 Å². The Morgan fingerprint density at radius 1 is 1.46 bits per heavy atom. The third-order valence-electron chi connectivity index (χ3n) is 1.97. The van der Waals surface area contributed by atoms with Crippen LogP contribution in [0.2, 0.25) is 0 Å². The van der Waals surface area contributed by atoms with Crippen LogP contribution in [0.3, 0.4) is 0 Å². The van der Waals surface area contributed by atoms with Crippen LogP contribution in [0.15, 0.2) is 22.7 Å². The highest BCUT2D eigenvalue weighted by atomic mass is 79.9. The molecule has 72 valence electrons. The van der Waals surface area contributed by atoms with Gasteiger partial charge in [0.2, 0.25) is 0 Å². The highest BCUT2D eigenvalue weighted by Crippen LogP contribution is 2.19. The van der Waals surface area contributed by atoms with Gasteiger partial charge in [-0.25, -0.2) is 0 Å². The second-order valence-corrected chi connectivity index (χ2v) is 4.27. The molecule has 0 radical (unpaired) electrons. The van der Waals surface area contributed by atoms with Crippen LogP contribution in [0.1, 0.15) is 18.9 Å². The summed E-state index contributed by atoms with van der Waals surface area (Å²) in [4.78, 5) is 0. The van der Waals surface area contributed by atoms with Gasteiger partial charge in [0.1, 0.15) is 0 Å². The van der Waals surface area contributed by atoms with E-state index in [-0.39, 0.29) is 6.04 Å². The van der Waals surface area contributed by atoms with Crippen LogP contribution in [0.4, 0.5) is 5.69 Å². The maximum Gasteiger partial charge on any atom is 0.0347 e. The van der Waals surface area contributed by atoms with E-state index in [2.05, 4.69) is 22.0 Å². The predicted octanol–water partition coefficient (Wildman–Crippen LogP) is 2.31. The summed E-state index contributed by atoms with van der Waals surface area (Å²) in [5, 5.41) is 0.